The molecule has 0 amide bonds. The van der Waals surface area contributed by atoms with E-state index >= 15 is 0 Å². The normalized spacial score (nSPS) is 10.6. The SMILES string of the molecule is CCOC(=O)c1ncn(Cc2c(F)cccc2F)c1C. The van der Waals surface area contributed by atoms with Gasteiger partial charge in [0, 0.05) is 11.3 Å². The summed E-state index contributed by atoms with van der Waals surface area (Å²) in [4.78, 5) is 15.6. The van der Waals surface area contributed by atoms with Crippen molar-refractivity contribution in [3.8, 4) is 0 Å². The molecule has 4 nitrogen and oxygen atoms in total. The van der Waals surface area contributed by atoms with Gasteiger partial charge in [0.05, 0.1) is 19.5 Å². The first-order valence-corrected chi connectivity index (χ1v) is 6.16. The van der Waals surface area contributed by atoms with Crippen LogP contribution in [-0.4, -0.2) is 22.1 Å². The van der Waals surface area contributed by atoms with Crippen LogP contribution in [0.25, 0.3) is 0 Å². The minimum absolute atomic E-state index is 0.0310. The van der Waals surface area contributed by atoms with Crippen molar-refractivity contribution in [3.05, 3.63) is 53.1 Å². The van der Waals surface area contributed by atoms with Crippen LogP contribution < -0.4 is 0 Å². The quantitative estimate of drug-likeness (QED) is 0.809. The molecule has 2 rings (SSSR count). The molecule has 20 heavy (non-hydrogen) atoms. The molecule has 0 spiro atoms. The molecule has 0 aliphatic heterocycles. The van der Waals surface area contributed by atoms with Gasteiger partial charge in [-0.2, -0.15) is 0 Å². The number of esters is 1. The number of halogens is 2. The Balaban J connectivity index is 2.29. The van der Waals surface area contributed by atoms with Gasteiger partial charge in [0.25, 0.3) is 0 Å². The molecule has 0 aliphatic rings. The van der Waals surface area contributed by atoms with Crippen LogP contribution in [0.5, 0.6) is 0 Å². The molecule has 0 aliphatic carbocycles. The molecule has 0 bridgehead atoms. The molecular formula is C14H14F2N2O2. The third-order valence-electron chi connectivity index (χ3n) is 2.96. The molecular weight excluding hydrogens is 266 g/mol. The first-order valence-electron chi connectivity index (χ1n) is 6.16. The van der Waals surface area contributed by atoms with Gasteiger partial charge in [-0.15, -0.1) is 0 Å². The smallest absolute Gasteiger partial charge is 0.358 e. The number of nitrogens with zero attached hydrogens (tertiary/aromatic N) is 2. The molecule has 0 fully saturated rings. The third-order valence-corrected chi connectivity index (χ3v) is 2.96. The second-order valence-electron chi connectivity index (χ2n) is 4.23. The fourth-order valence-corrected chi connectivity index (χ4v) is 1.86. The van der Waals surface area contributed by atoms with Crippen molar-refractivity contribution in [1.29, 1.82) is 0 Å². The van der Waals surface area contributed by atoms with Gasteiger partial charge in [-0.25, -0.2) is 18.6 Å². The second-order valence-corrected chi connectivity index (χ2v) is 4.23. The summed E-state index contributed by atoms with van der Waals surface area (Å²) in [5.41, 5.74) is 0.595. The van der Waals surface area contributed by atoms with E-state index in [4.69, 9.17) is 4.74 Å². The molecule has 0 saturated carbocycles. The topological polar surface area (TPSA) is 44.1 Å². The summed E-state index contributed by atoms with van der Waals surface area (Å²) in [7, 11) is 0. The van der Waals surface area contributed by atoms with E-state index in [-0.39, 0.29) is 24.4 Å². The maximum atomic E-state index is 13.6. The molecule has 0 saturated heterocycles. The van der Waals surface area contributed by atoms with Crippen molar-refractivity contribution in [2.24, 2.45) is 0 Å². The molecule has 6 heteroatoms. The van der Waals surface area contributed by atoms with E-state index in [1.807, 2.05) is 0 Å². The molecule has 0 atom stereocenters. The Morgan fingerprint density at radius 3 is 2.60 bits per heavy atom. The van der Waals surface area contributed by atoms with E-state index in [1.54, 1.807) is 13.8 Å². The zero-order valence-electron chi connectivity index (χ0n) is 11.2. The number of rotatable bonds is 4. The van der Waals surface area contributed by atoms with Crippen molar-refractivity contribution in [1.82, 2.24) is 9.55 Å². The largest absolute Gasteiger partial charge is 0.461 e. The van der Waals surface area contributed by atoms with Crippen LogP contribution in [0.1, 0.15) is 28.7 Å². The highest BCUT2D eigenvalue weighted by molar-refractivity contribution is 5.88. The van der Waals surface area contributed by atoms with Gasteiger partial charge >= 0.3 is 5.97 Å². The Labute approximate surface area is 115 Å². The standard InChI is InChI=1S/C14H14F2N2O2/c1-3-20-14(19)13-9(2)18(8-17-13)7-10-11(15)5-4-6-12(10)16/h4-6,8H,3,7H2,1-2H3. The van der Waals surface area contributed by atoms with Crippen LogP contribution in [-0.2, 0) is 11.3 Å². The van der Waals surface area contributed by atoms with Gasteiger partial charge in [-0.05, 0) is 26.0 Å². The van der Waals surface area contributed by atoms with Crippen LogP contribution in [0, 0.1) is 18.6 Å². The monoisotopic (exact) mass is 280 g/mol. The Morgan fingerprint density at radius 1 is 1.35 bits per heavy atom. The second kappa shape index (κ2) is 5.81. The number of hydrogen-bond acceptors (Lipinski definition) is 3. The van der Waals surface area contributed by atoms with Gasteiger partial charge < -0.3 is 9.30 Å². The number of hydrogen-bond donors (Lipinski definition) is 0. The van der Waals surface area contributed by atoms with Gasteiger partial charge in [0.15, 0.2) is 5.69 Å². The van der Waals surface area contributed by atoms with Crippen molar-refractivity contribution in [2.45, 2.75) is 20.4 Å². The lowest BCUT2D eigenvalue weighted by molar-refractivity contribution is 0.0519. The number of benzene rings is 1. The first kappa shape index (κ1) is 14.2. The summed E-state index contributed by atoms with van der Waals surface area (Å²) < 4.78 is 33.5. The van der Waals surface area contributed by atoms with Crippen LogP contribution in [0.4, 0.5) is 8.78 Å². The van der Waals surface area contributed by atoms with Gasteiger partial charge in [-0.1, -0.05) is 6.07 Å². The maximum absolute atomic E-state index is 13.6. The highest BCUT2D eigenvalue weighted by atomic mass is 19.1. The number of carbonyl (C=O) groups is 1. The van der Waals surface area contributed by atoms with Gasteiger partial charge in [0.1, 0.15) is 11.6 Å². The maximum Gasteiger partial charge on any atom is 0.358 e. The molecule has 2 aromatic rings. The van der Waals surface area contributed by atoms with E-state index in [0.29, 0.717) is 5.69 Å². The van der Waals surface area contributed by atoms with Crippen LogP contribution in [0.3, 0.4) is 0 Å². The van der Waals surface area contributed by atoms with Gasteiger partial charge in [0.2, 0.25) is 0 Å². The summed E-state index contributed by atoms with van der Waals surface area (Å²) in [6, 6.07) is 3.69. The summed E-state index contributed by atoms with van der Waals surface area (Å²) >= 11 is 0. The lowest BCUT2D eigenvalue weighted by Gasteiger charge is -2.08. The van der Waals surface area contributed by atoms with E-state index in [9.17, 15) is 13.6 Å². The number of ether oxygens (including phenoxy) is 1. The molecule has 1 aromatic heterocycles. The average Bonchev–Trinajstić information content (AvgIpc) is 2.76. The Bertz CT molecular complexity index is 618. The summed E-state index contributed by atoms with van der Waals surface area (Å²) in [6.45, 7) is 3.56. The van der Waals surface area contributed by atoms with Crippen molar-refractivity contribution in [3.63, 3.8) is 0 Å². The molecule has 0 radical (unpaired) electrons. The predicted octanol–water partition coefficient (Wildman–Crippen LogP) is 2.69. The fourth-order valence-electron chi connectivity index (χ4n) is 1.86. The van der Waals surface area contributed by atoms with Crippen LogP contribution in [0.2, 0.25) is 0 Å². The lowest BCUT2D eigenvalue weighted by atomic mass is 10.2. The number of imidazole rings is 1. The van der Waals surface area contributed by atoms with E-state index < -0.39 is 17.6 Å². The summed E-state index contributed by atoms with van der Waals surface area (Å²) in [5.74, 6) is -1.80. The van der Waals surface area contributed by atoms with Crippen molar-refractivity contribution < 1.29 is 18.3 Å². The Kier molecular flexibility index (Phi) is 4.12. The zero-order chi connectivity index (χ0) is 14.7. The fraction of sp³-hybridized carbons (Fsp3) is 0.286. The molecule has 0 unspecified atom stereocenters. The number of carbonyl (C=O) groups excluding carboxylic acids is 1. The minimum atomic E-state index is -0.629. The van der Waals surface area contributed by atoms with E-state index in [2.05, 4.69) is 4.98 Å². The van der Waals surface area contributed by atoms with Crippen molar-refractivity contribution in [2.75, 3.05) is 6.61 Å². The molecule has 1 aromatic carbocycles. The zero-order valence-corrected chi connectivity index (χ0v) is 11.2. The predicted molar refractivity (Wildman–Crippen MR) is 68.4 cm³/mol. The minimum Gasteiger partial charge on any atom is -0.461 e. The highest BCUT2D eigenvalue weighted by Crippen LogP contribution is 2.16. The lowest BCUT2D eigenvalue weighted by Crippen LogP contribution is -2.09. The first-order chi connectivity index (χ1) is 9.54. The summed E-state index contributed by atoms with van der Waals surface area (Å²) in [6.07, 6.45) is 1.37. The molecule has 1 heterocycles. The van der Waals surface area contributed by atoms with E-state index in [0.717, 1.165) is 0 Å². The van der Waals surface area contributed by atoms with Crippen LogP contribution in [0.15, 0.2) is 24.5 Å². The van der Waals surface area contributed by atoms with Crippen LogP contribution >= 0.6 is 0 Å². The third kappa shape index (κ3) is 2.68. The number of aromatic nitrogens is 2. The summed E-state index contributed by atoms with van der Waals surface area (Å²) in [5, 5.41) is 0. The molecule has 106 valence electrons. The highest BCUT2D eigenvalue weighted by Gasteiger charge is 2.17. The Hall–Kier alpha value is -2.24. The molecule has 0 N–H and O–H groups in total. The Morgan fingerprint density at radius 2 is 2.00 bits per heavy atom. The average molecular weight is 280 g/mol. The van der Waals surface area contributed by atoms with E-state index in [1.165, 1.54) is 29.1 Å². The van der Waals surface area contributed by atoms with Gasteiger partial charge in [-0.3, -0.25) is 0 Å². The van der Waals surface area contributed by atoms with Crippen molar-refractivity contribution >= 4 is 5.97 Å².